The van der Waals surface area contributed by atoms with E-state index in [1.165, 1.54) is 32.4 Å². The Morgan fingerprint density at radius 3 is 2.68 bits per heavy atom. The number of amides is 1. The molecule has 0 saturated carbocycles. The predicted octanol–water partition coefficient (Wildman–Crippen LogP) is -0.358. The molecule has 1 aromatic rings. The molecule has 0 aromatic heterocycles. The molecule has 1 aliphatic rings. The van der Waals surface area contributed by atoms with Gasteiger partial charge in [-0.05, 0) is 18.6 Å². The van der Waals surface area contributed by atoms with Gasteiger partial charge in [0.05, 0.1) is 37.9 Å². The molecule has 1 aromatic carbocycles. The largest absolute Gasteiger partial charge is 0.493 e. The van der Waals surface area contributed by atoms with Crippen molar-refractivity contribution >= 4 is 15.9 Å². The Hall–Kier alpha value is -1.88. The zero-order valence-electron chi connectivity index (χ0n) is 14.1. The van der Waals surface area contributed by atoms with Crippen LogP contribution in [-0.2, 0) is 24.3 Å². The minimum absolute atomic E-state index is 0.0327. The summed E-state index contributed by atoms with van der Waals surface area (Å²) >= 11 is 0. The van der Waals surface area contributed by atoms with Crippen LogP contribution >= 0.6 is 0 Å². The van der Waals surface area contributed by atoms with Gasteiger partial charge in [0.2, 0.25) is 15.9 Å². The summed E-state index contributed by atoms with van der Waals surface area (Å²) in [7, 11) is -0.937. The predicted molar refractivity (Wildman–Crippen MR) is 88.0 cm³/mol. The van der Waals surface area contributed by atoms with E-state index in [1.54, 1.807) is 0 Å². The minimum Gasteiger partial charge on any atom is -0.493 e. The zero-order valence-corrected chi connectivity index (χ0v) is 14.9. The second-order valence-corrected chi connectivity index (χ2v) is 7.14. The molecule has 0 spiro atoms. The number of nitrogens with two attached hydrogens (primary N) is 1. The van der Waals surface area contributed by atoms with Gasteiger partial charge in [-0.2, -0.15) is 0 Å². The SMILES string of the molecule is COc1ccc(S(=O)(=O)N[C@@H]2CCOC[C@H]2OCC(N)=O)cc1OC. The molecule has 1 saturated heterocycles. The minimum atomic E-state index is -3.83. The van der Waals surface area contributed by atoms with Gasteiger partial charge >= 0.3 is 0 Å². The second-order valence-electron chi connectivity index (χ2n) is 5.42. The van der Waals surface area contributed by atoms with Crippen molar-refractivity contribution in [1.29, 1.82) is 0 Å². The highest BCUT2D eigenvalue weighted by Gasteiger charge is 2.31. The van der Waals surface area contributed by atoms with Crippen LogP contribution in [-0.4, -0.2) is 60.5 Å². The number of carbonyl (C=O) groups is 1. The molecule has 10 heteroatoms. The molecular formula is C15H22N2O7S. The van der Waals surface area contributed by atoms with Gasteiger partial charge in [0.1, 0.15) is 6.61 Å². The third kappa shape index (κ3) is 5.05. The summed E-state index contributed by atoms with van der Waals surface area (Å²) in [6.07, 6.45) is -0.188. The number of hydrogen-bond acceptors (Lipinski definition) is 7. The van der Waals surface area contributed by atoms with E-state index in [2.05, 4.69) is 4.72 Å². The van der Waals surface area contributed by atoms with Gasteiger partial charge in [0, 0.05) is 12.7 Å². The van der Waals surface area contributed by atoms with E-state index in [0.29, 0.717) is 24.5 Å². The highest BCUT2D eigenvalue weighted by molar-refractivity contribution is 7.89. The van der Waals surface area contributed by atoms with Gasteiger partial charge in [-0.3, -0.25) is 4.79 Å². The average Bonchev–Trinajstić information content (AvgIpc) is 2.59. The number of benzene rings is 1. The van der Waals surface area contributed by atoms with E-state index in [0.717, 1.165) is 0 Å². The molecule has 2 rings (SSSR count). The molecule has 140 valence electrons. The first kappa shape index (κ1) is 19.4. The summed E-state index contributed by atoms with van der Waals surface area (Å²) in [4.78, 5) is 10.9. The first-order valence-corrected chi connectivity index (χ1v) is 9.07. The van der Waals surface area contributed by atoms with Crippen LogP contribution in [0.4, 0.5) is 0 Å². The lowest BCUT2D eigenvalue weighted by Crippen LogP contribution is -2.50. The zero-order chi connectivity index (χ0) is 18.4. The molecule has 1 amide bonds. The van der Waals surface area contributed by atoms with Crippen molar-refractivity contribution in [2.45, 2.75) is 23.5 Å². The molecule has 0 unspecified atom stereocenters. The van der Waals surface area contributed by atoms with Crippen LogP contribution in [0.25, 0.3) is 0 Å². The first-order valence-electron chi connectivity index (χ1n) is 7.59. The highest BCUT2D eigenvalue weighted by Crippen LogP contribution is 2.29. The highest BCUT2D eigenvalue weighted by atomic mass is 32.2. The van der Waals surface area contributed by atoms with Crippen molar-refractivity contribution in [3.8, 4) is 11.5 Å². The number of methoxy groups -OCH3 is 2. The third-order valence-electron chi connectivity index (χ3n) is 3.72. The molecule has 25 heavy (non-hydrogen) atoms. The standard InChI is InChI=1S/C15H22N2O7S/c1-21-12-4-3-10(7-13(12)22-2)25(19,20)17-11-5-6-23-8-14(11)24-9-15(16)18/h3-4,7,11,14,17H,5-6,8-9H2,1-2H3,(H2,16,18)/t11-,14-/m1/s1. The molecule has 0 radical (unpaired) electrons. The number of nitrogens with one attached hydrogen (secondary N) is 1. The number of hydrogen-bond donors (Lipinski definition) is 2. The van der Waals surface area contributed by atoms with E-state index >= 15 is 0 Å². The Balaban J connectivity index is 2.17. The monoisotopic (exact) mass is 374 g/mol. The number of sulfonamides is 1. The Bertz CT molecular complexity index is 708. The maximum atomic E-state index is 12.7. The maximum Gasteiger partial charge on any atom is 0.243 e. The molecular weight excluding hydrogens is 352 g/mol. The quantitative estimate of drug-likeness (QED) is 0.636. The lowest BCUT2D eigenvalue weighted by Gasteiger charge is -2.31. The van der Waals surface area contributed by atoms with Crippen molar-refractivity contribution in [3.05, 3.63) is 18.2 Å². The fourth-order valence-electron chi connectivity index (χ4n) is 2.45. The number of ether oxygens (including phenoxy) is 4. The van der Waals surface area contributed by atoms with E-state index in [1.807, 2.05) is 0 Å². The lowest BCUT2D eigenvalue weighted by atomic mass is 10.1. The lowest BCUT2D eigenvalue weighted by molar-refractivity contribution is -0.129. The summed E-state index contributed by atoms with van der Waals surface area (Å²) in [6, 6.07) is 3.77. The first-order chi connectivity index (χ1) is 11.9. The Morgan fingerprint density at radius 2 is 2.04 bits per heavy atom. The molecule has 9 nitrogen and oxygen atoms in total. The summed E-state index contributed by atoms with van der Waals surface area (Å²) in [5.74, 6) is 0.0983. The van der Waals surface area contributed by atoms with Crippen LogP contribution in [0.5, 0.6) is 11.5 Å². The van der Waals surface area contributed by atoms with Gasteiger partial charge in [-0.1, -0.05) is 0 Å². The number of carbonyl (C=O) groups excluding carboxylic acids is 1. The van der Waals surface area contributed by atoms with Crippen LogP contribution in [0.3, 0.4) is 0 Å². The van der Waals surface area contributed by atoms with Gasteiger partial charge in [-0.15, -0.1) is 0 Å². The van der Waals surface area contributed by atoms with E-state index in [9.17, 15) is 13.2 Å². The summed E-state index contributed by atoms with van der Waals surface area (Å²) in [5, 5.41) is 0. The van der Waals surface area contributed by atoms with E-state index < -0.39 is 28.1 Å². The Labute approximate surface area is 146 Å². The van der Waals surface area contributed by atoms with Gasteiger partial charge < -0.3 is 24.7 Å². The van der Waals surface area contributed by atoms with E-state index in [-0.39, 0.29) is 18.1 Å². The molecule has 1 aliphatic heterocycles. The molecule has 3 N–H and O–H groups in total. The fourth-order valence-corrected chi connectivity index (χ4v) is 3.76. The van der Waals surface area contributed by atoms with Crippen LogP contribution in [0.15, 0.2) is 23.1 Å². The van der Waals surface area contributed by atoms with Gasteiger partial charge in [0.25, 0.3) is 0 Å². The molecule has 2 atom stereocenters. The molecule has 0 aliphatic carbocycles. The molecule has 1 heterocycles. The molecule has 0 bridgehead atoms. The second kappa shape index (κ2) is 8.48. The summed E-state index contributed by atoms with van der Waals surface area (Å²) < 4.78 is 48.8. The van der Waals surface area contributed by atoms with Crippen LogP contribution in [0, 0.1) is 0 Å². The van der Waals surface area contributed by atoms with Crippen molar-refractivity contribution in [2.24, 2.45) is 5.73 Å². The van der Waals surface area contributed by atoms with Crippen molar-refractivity contribution < 1.29 is 32.2 Å². The van der Waals surface area contributed by atoms with Gasteiger partial charge in [0.15, 0.2) is 11.5 Å². The van der Waals surface area contributed by atoms with Crippen LogP contribution < -0.4 is 19.9 Å². The summed E-state index contributed by atoms with van der Waals surface area (Å²) in [6.45, 7) is 0.255. The fraction of sp³-hybridized carbons (Fsp3) is 0.533. The average molecular weight is 374 g/mol. The van der Waals surface area contributed by atoms with Crippen molar-refractivity contribution in [2.75, 3.05) is 34.0 Å². The smallest absolute Gasteiger partial charge is 0.243 e. The van der Waals surface area contributed by atoms with Crippen molar-refractivity contribution in [3.63, 3.8) is 0 Å². The number of rotatable bonds is 8. The van der Waals surface area contributed by atoms with Crippen LogP contribution in [0.2, 0.25) is 0 Å². The number of primary amides is 1. The van der Waals surface area contributed by atoms with Crippen LogP contribution in [0.1, 0.15) is 6.42 Å². The molecule has 1 fully saturated rings. The van der Waals surface area contributed by atoms with Crippen molar-refractivity contribution in [1.82, 2.24) is 4.72 Å². The van der Waals surface area contributed by atoms with E-state index in [4.69, 9.17) is 24.7 Å². The normalized spacial score (nSPS) is 20.9. The Morgan fingerprint density at radius 1 is 1.32 bits per heavy atom. The topological polar surface area (TPSA) is 126 Å². The third-order valence-corrected chi connectivity index (χ3v) is 5.20. The van der Waals surface area contributed by atoms with Gasteiger partial charge in [-0.25, -0.2) is 13.1 Å². The Kier molecular flexibility index (Phi) is 6.59. The summed E-state index contributed by atoms with van der Waals surface area (Å²) in [5.41, 5.74) is 5.06. The maximum absolute atomic E-state index is 12.7.